The van der Waals surface area contributed by atoms with E-state index in [0.717, 1.165) is 5.56 Å². The molecule has 2 aromatic rings. The summed E-state index contributed by atoms with van der Waals surface area (Å²) in [5.74, 6) is -0.803. The van der Waals surface area contributed by atoms with Crippen LogP contribution in [0.25, 0.3) is 11.3 Å². The Kier molecular flexibility index (Phi) is 4.75. The van der Waals surface area contributed by atoms with Crippen LogP contribution in [-0.2, 0) is 6.54 Å². The van der Waals surface area contributed by atoms with Crippen molar-refractivity contribution >= 4 is 5.97 Å². The molecule has 2 rings (SSSR count). The highest BCUT2D eigenvalue weighted by molar-refractivity contribution is 5.88. The number of carboxylic acid groups (broad SMARTS) is 1. The van der Waals surface area contributed by atoms with E-state index >= 15 is 0 Å². The van der Waals surface area contributed by atoms with E-state index in [1.165, 1.54) is 16.3 Å². The van der Waals surface area contributed by atoms with Crippen molar-refractivity contribution in [1.82, 2.24) is 9.78 Å². The second kappa shape index (κ2) is 6.56. The minimum Gasteiger partial charge on any atom is -0.477 e. The van der Waals surface area contributed by atoms with Crippen LogP contribution < -0.4 is 5.56 Å². The largest absolute Gasteiger partial charge is 0.477 e. The van der Waals surface area contributed by atoms with Gasteiger partial charge in [-0.05, 0) is 24.0 Å². The monoisotopic (exact) mass is 300 g/mol. The summed E-state index contributed by atoms with van der Waals surface area (Å²) in [6.07, 6.45) is 0.710. The summed E-state index contributed by atoms with van der Waals surface area (Å²) in [7, 11) is 0. The minimum atomic E-state index is -1.22. The van der Waals surface area contributed by atoms with E-state index in [-0.39, 0.29) is 5.56 Å². The lowest BCUT2D eigenvalue weighted by atomic mass is 10.0. The Morgan fingerprint density at radius 3 is 2.41 bits per heavy atom. The molecule has 1 N–H and O–H groups in total. The number of hydrogen-bond donors (Lipinski definition) is 1. The fourth-order valence-electron chi connectivity index (χ4n) is 2.24. The maximum Gasteiger partial charge on any atom is 0.341 e. The van der Waals surface area contributed by atoms with Crippen molar-refractivity contribution in [2.45, 2.75) is 39.7 Å². The minimum absolute atomic E-state index is 0.244. The summed E-state index contributed by atoms with van der Waals surface area (Å²) in [5, 5.41) is 13.5. The lowest BCUT2D eigenvalue weighted by Crippen LogP contribution is -2.28. The number of aromatic carboxylic acids is 1. The van der Waals surface area contributed by atoms with Crippen LogP contribution in [0, 0.1) is 0 Å². The van der Waals surface area contributed by atoms with E-state index in [2.05, 4.69) is 18.9 Å². The first-order valence-electron chi connectivity index (χ1n) is 7.39. The number of hydrogen-bond acceptors (Lipinski definition) is 3. The summed E-state index contributed by atoms with van der Waals surface area (Å²) in [4.78, 5) is 23.3. The first-order chi connectivity index (χ1) is 10.4. The van der Waals surface area contributed by atoms with Crippen LogP contribution >= 0.6 is 0 Å². The maximum absolute atomic E-state index is 12.0. The zero-order valence-electron chi connectivity index (χ0n) is 13.0. The molecule has 0 fully saturated rings. The van der Waals surface area contributed by atoms with Gasteiger partial charge < -0.3 is 5.11 Å². The normalized spacial score (nSPS) is 10.9. The van der Waals surface area contributed by atoms with Crippen molar-refractivity contribution in [1.29, 1.82) is 0 Å². The lowest BCUT2D eigenvalue weighted by Gasteiger charge is -2.10. The molecule has 1 heterocycles. The zero-order valence-corrected chi connectivity index (χ0v) is 13.0. The molecule has 0 radical (unpaired) electrons. The topological polar surface area (TPSA) is 72.2 Å². The van der Waals surface area contributed by atoms with E-state index in [4.69, 9.17) is 0 Å². The van der Waals surface area contributed by atoms with Gasteiger partial charge in [-0.15, -0.1) is 0 Å². The molecule has 0 aliphatic rings. The summed E-state index contributed by atoms with van der Waals surface area (Å²) in [6, 6.07) is 9.16. The summed E-state index contributed by atoms with van der Waals surface area (Å²) in [5.41, 5.74) is 1.70. The van der Waals surface area contributed by atoms with Gasteiger partial charge in [0.25, 0.3) is 5.56 Å². The molecule has 5 heteroatoms. The van der Waals surface area contributed by atoms with E-state index in [1.54, 1.807) is 0 Å². The Balaban J connectivity index is 2.54. The van der Waals surface area contributed by atoms with Gasteiger partial charge in [0.1, 0.15) is 5.56 Å². The Hall–Kier alpha value is -2.43. The highest BCUT2D eigenvalue weighted by Gasteiger charge is 2.15. The van der Waals surface area contributed by atoms with Crippen molar-refractivity contribution in [3.63, 3.8) is 0 Å². The summed E-state index contributed by atoms with van der Waals surface area (Å²) >= 11 is 0. The predicted molar refractivity (Wildman–Crippen MR) is 85.3 cm³/mol. The van der Waals surface area contributed by atoms with Crippen LogP contribution in [0.15, 0.2) is 35.1 Å². The molecule has 1 aromatic carbocycles. The Morgan fingerprint density at radius 1 is 1.27 bits per heavy atom. The van der Waals surface area contributed by atoms with Crippen LogP contribution in [-0.4, -0.2) is 20.9 Å². The molecule has 116 valence electrons. The molecule has 0 aliphatic carbocycles. The Bertz CT molecular complexity index is 731. The smallest absolute Gasteiger partial charge is 0.341 e. The third-order valence-corrected chi connectivity index (χ3v) is 3.51. The van der Waals surface area contributed by atoms with Crippen LogP contribution in [0.5, 0.6) is 0 Å². The Morgan fingerprint density at radius 2 is 1.91 bits per heavy atom. The van der Waals surface area contributed by atoms with Gasteiger partial charge >= 0.3 is 5.97 Å². The molecule has 0 bridgehead atoms. The fraction of sp³-hybridized carbons (Fsp3) is 0.353. The van der Waals surface area contributed by atoms with Gasteiger partial charge in [-0.2, -0.15) is 5.10 Å². The standard InChI is InChI=1S/C17H20N2O3/c1-4-9-19-16(20)14(17(21)22)10-15(18-19)13-7-5-12(6-8-13)11(2)3/h5-8,10-11H,4,9H2,1-3H3,(H,21,22). The highest BCUT2D eigenvalue weighted by atomic mass is 16.4. The van der Waals surface area contributed by atoms with Crippen molar-refractivity contribution < 1.29 is 9.90 Å². The number of aromatic nitrogens is 2. The average molecular weight is 300 g/mol. The number of rotatable bonds is 5. The van der Waals surface area contributed by atoms with Gasteiger partial charge in [0, 0.05) is 12.1 Å². The van der Waals surface area contributed by atoms with Crippen molar-refractivity contribution in [2.75, 3.05) is 0 Å². The SMILES string of the molecule is CCCn1nc(-c2ccc(C(C)C)cc2)cc(C(=O)O)c1=O. The van der Waals surface area contributed by atoms with E-state index in [0.29, 0.717) is 24.6 Å². The van der Waals surface area contributed by atoms with Gasteiger partial charge in [0.15, 0.2) is 0 Å². The molecule has 5 nitrogen and oxygen atoms in total. The van der Waals surface area contributed by atoms with E-state index in [9.17, 15) is 14.7 Å². The zero-order chi connectivity index (χ0) is 16.3. The number of benzene rings is 1. The average Bonchev–Trinajstić information content (AvgIpc) is 2.49. The van der Waals surface area contributed by atoms with Crippen LogP contribution in [0.1, 0.15) is 49.0 Å². The molecule has 22 heavy (non-hydrogen) atoms. The molecule has 0 unspecified atom stereocenters. The van der Waals surface area contributed by atoms with Gasteiger partial charge in [0.05, 0.1) is 5.69 Å². The van der Waals surface area contributed by atoms with Crippen LogP contribution in [0.3, 0.4) is 0 Å². The molecule has 0 aliphatic heterocycles. The molecule has 0 saturated heterocycles. The third kappa shape index (κ3) is 3.24. The van der Waals surface area contributed by atoms with Crippen molar-refractivity contribution in [3.8, 4) is 11.3 Å². The lowest BCUT2D eigenvalue weighted by molar-refractivity contribution is 0.0693. The second-order valence-electron chi connectivity index (χ2n) is 5.55. The molecule has 0 saturated carbocycles. The van der Waals surface area contributed by atoms with Gasteiger partial charge in [-0.25, -0.2) is 9.48 Å². The van der Waals surface area contributed by atoms with Crippen molar-refractivity contribution in [2.24, 2.45) is 0 Å². The van der Waals surface area contributed by atoms with Gasteiger partial charge in [-0.3, -0.25) is 4.79 Å². The van der Waals surface area contributed by atoms with Gasteiger partial charge in [0.2, 0.25) is 0 Å². The molecule has 1 aromatic heterocycles. The third-order valence-electron chi connectivity index (χ3n) is 3.51. The first kappa shape index (κ1) is 15.9. The fourth-order valence-corrected chi connectivity index (χ4v) is 2.24. The highest BCUT2D eigenvalue weighted by Crippen LogP contribution is 2.21. The number of nitrogens with zero attached hydrogens (tertiary/aromatic N) is 2. The van der Waals surface area contributed by atoms with Crippen LogP contribution in [0.2, 0.25) is 0 Å². The summed E-state index contributed by atoms with van der Waals surface area (Å²) < 4.78 is 1.23. The quantitative estimate of drug-likeness (QED) is 0.920. The first-order valence-corrected chi connectivity index (χ1v) is 7.39. The molecular formula is C17H20N2O3. The van der Waals surface area contributed by atoms with Crippen LogP contribution in [0.4, 0.5) is 0 Å². The second-order valence-corrected chi connectivity index (χ2v) is 5.55. The van der Waals surface area contributed by atoms with Gasteiger partial charge in [-0.1, -0.05) is 45.0 Å². The number of aryl methyl sites for hydroxylation is 1. The summed E-state index contributed by atoms with van der Waals surface area (Å²) in [6.45, 7) is 6.53. The Labute approximate surface area is 129 Å². The molecule has 0 amide bonds. The predicted octanol–water partition coefficient (Wildman–Crippen LogP) is 3.14. The number of carboxylic acids is 1. The van der Waals surface area contributed by atoms with E-state index in [1.807, 2.05) is 31.2 Å². The number of carbonyl (C=O) groups is 1. The maximum atomic E-state index is 12.0. The van der Waals surface area contributed by atoms with E-state index < -0.39 is 11.5 Å². The molecular weight excluding hydrogens is 280 g/mol. The molecule has 0 atom stereocenters. The molecule has 0 spiro atoms. The van der Waals surface area contributed by atoms with Crippen molar-refractivity contribution in [3.05, 3.63) is 51.8 Å².